The summed E-state index contributed by atoms with van der Waals surface area (Å²) in [5.41, 5.74) is 1.91. The van der Waals surface area contributed by atoms with Crippen LogP contribution in [-0.4, -0.2) is 26.5 Å². The number of thiophene rings is 1. The highest BCUT2D eigenvalue weighted by atomic mass is 32.1. The number of nitrogens with zero attached hydrogens (tertiary/aromatic N) is 2. The second kappa shape index (κ2) is 9.56. The predicted molar refractivity (Wildman–Crippen MR) is 126 cm³/mol. The van der Waals surface area contributed by atoms with Gasteiger partial charge in [-0.2, -0.15) is 0 Å². The van der Waals surface area contributed by atoms with Crippen molar-refractivity contribution < 1.29 is 5.11 Å². The molecule has 0 amide bonds. The van der Waals surface area contributed by atoms with E-state index in [1.54, 1.807) is 11.3 Å². The van der Waals surface area contributed by atoms with Crippen LogP contribution < -0.4 is 5.56 Å². The van der Waals surface area contributed by atoms with Gasteiger partial charge in [0.1, 0.15) is 10.7 Å². The third-order valence-electron chi connectivity index (χ3n) is 5.28. The molecule has 160 valence electrons. The Bertz CT molecular complexity index is 1190. The van der Waals surface area contributed by atoms with Crippen molar-refractivity contribution >= 4 is 21.6 Å². The highest BCUT2D eigenvalue weighted by molar-refractivity contribution is 7.18. The molecule has 0 bridgehead atoms. The lowest BCUT2D eigenvalue weighted by atomic mass is 10.1. The Labute approximate surface area is 186 Å². The molecule has 31 heavy (non-hydrogen) atoms. The second-order valence-electron chi connectivity index (χ2n) is 8.12. The van der Waals surface area contributed by atoms with Crippen molar-refractivity contribution in [1.82, 2.24) is 14.9 Å². The minimum Gasteiger partial charge on any atom is -0.387 e. The van der Waals surface area contributed by atoms with Crippen molar-refractivity contribution in [3.63, 3.8) is 0 Å². The highest BCUT2D eigenvalue weighted by Crippen LogP contribution is 2.27. The van der Waals surface area contributed by atoms with Crippen LogP contribution in [0.15, 0.2) is 71.5 Å². The minimum atomic E-state index is -0.630. The molecule has 0 saturated carbocycles. The number of fused-ring (bicyclic) bond motifs is 1. The first-order valence-electron chi connectivity index (χ1n) is 10.5. The zero-order chi connectivity index (χ0) is 21.8. The van der Waals surface area contributed by atoms with Crippen molar-refractivity contribution in [2.75, 3.05) is 6.54 Å². The molecule has 0 fully saturated rings. The molecule has 0 spiro atoms. The lowest BCUT2D eigenvalue weighted by molar-refractivity contribution is 0.103. The van der Waals surface area contributed by atoms with E-state index in [0.717, 1.165) is 20.8 Å². The number of benzene rings is 2. The lowest BCUT2D eigenvalue weighted by Crippen LogP contribution is -2.29. The second-order valence-corrected chi connectivity index (χ2v) is 9.18. The van der Waals surface area contributed by atoms with Gasteiger partial charge in [-0.15, -0.1) is 11.3 Å². The fourth-order valence-corrected chi connectivity index (χ4v) is 4.67. The summed E-state index contributed by atoms with van der Waals surface area (Å²) in [4.78, 5) is 24.4. The maximum absolute atomic E-state index is 12.7. The molecular weight excluding hydrogens is 406 g/mol. The van der Waals surface area contributed by atoms with Gasteiger partial charge in [0.25, 0.3) is 5.56 Å². The van der Waals surface area contributed by atoms with E-state index in [1.165, 1.54) is 0 Å². The van der Waals surface area contributed by atoms with Crippen LogP contribution in [0, 0.1) is 0 Å². The quantitative estimate of drug-likeness (QED) is 0.417. The van der Waals surface area contributed by atoms with Crippen LogP contribution in [0.2, 0.25) is 0 Å². The van der Waals surface area contributed by atoms with E-state index in [0.29, 0.717) is 36.8 Å². The Hall–Kier alpha value is -2.80. The molecule has 4 aromatic rings. The Morgan fingerprint density at radius 3 is 2.39 bits per heavy atom. The molecular formula is C25H27N3O2S. The van der Waals surface area contributed by atoms with Gasteiger partial charge in [0, 0.05) is 18.0 Å². The summed E-state index contributed by atoms with van der Waals surface area (Å²) in [5, 5.41) is 11.5. The maximum atomic E-state index is 12.7. The summed E-state index contributed by atoms with van der Waals surface area (Å²) in [5.74, 6) is 0.975. The molecule has 2 aromatic heterocycles. The molecule has 0 saturated heterocycles. The van der Waals surface area contributed by atoms with Crippen LogP contribution in [0.3, 0.4) is 0 Å². The SMILES string of the molecule is CC(C)c1cc2c(=O)[nH]c(CN(Cc3ccccc3)CC(O)c3ccccc3)nc2s1. The largest absolute Gasteiger partial charge is 0.387 e. The maximum Gasteiger partial charge on any atom is 0.259 e. The summed E-state index contributed by atoms with van der Waals surface area (Å²) in [7, 11) is 0. The Balaban J connectivity index is 1.61. The number of aromatic nitrogens is 2. The molecule has 2 N–H and O–H groups in total. The van der Waals surface area contributed by atoms with Crippen LogP contribution in [0.5, 0.6) is 0 Å². The average Bonchev–Trinajstić information content (AvgIpc) is 3.20. The molecule has 0 aliphatic heterocycles. The first kappa shape index (κ1) is 21.4. The van der Waals surface area contributed by atoms with Crippen molar-refractivity contribution in [3.05, 3.63) is 98.9 Å². The number of aliphatic hydroxyl groups excluding tert-OH is 1. The first-order chi connectivity index (χ1) is 15.0. The van der Waals surface area contributed by atoms with E-state index in [2.05, 4.69) is 35.9 Å². The van der Waals surface area contributed by atoms with Crippen LogP contribution in [0.25, 0.3) is 10.2 Å². The third-order valence-corrected chi connectivity index (χ3v) is 6.61. The van der Waals surface area contributed by atoms with Gasteiger partial charge in [-0.05, 0) is 23.1 Å². The lowest BCUT2D eigenvalue weighted by Gasteiger charge is -2.25. The zero-order valence-corrected chi connectivity index (χ0v) is 18.6. The molecule has 4 rings (SSSR count). The van der Waals surface area contributed by atoms with Crippen molar-refractivity contribution in [1.29, 1.82) is 0 Å². The summed E-state index contributed by atoms with van der Waals surface area (Å²) in [6, 6.07) is 21.7. The number of hydrogen-bond acceptors (Lipinski definition) is 5. The van der Waals surface area contributed by atoms with Gasteiger partial charge >= 0.3 is 0 Å². The third kappa shape index (κ3) is 5.28. The van der Waals surface area contributed by atoms with Gasteiger partial charge in [0.05, 0.1) is 18.0 Å². The predicted octanol–water partition coefficient (Wildman–Crippen LogP) is 4.84. The van der Waals surface area contributed by atoms with Crippen LogP contribution >= 0.6 is 11.3 Å². The van der Waals surface area contributed by atoms with Crippen molar-refractivity contribution in [2.45, 2.75) is 39.0 Å². The number of rotatable bonds is 8. The molecule has 0 radical (unpaired) electrons. The van der Waals surface area contributed by atoms with Gasteiger partial charge in [-0.1, -0.05) is 74.5 Å². The molecule has 1 atom stereocenters. The monoisotopic (exact) mass is 433 g/mol. The van der Waals surface area contributed by atoms with Crippen molar-refractivity contribution in [2.24, 2.45) is 0 Å². The van der Waals surface area contributed by atoms with Gasteiger partial charge in [0.15, 0.2) is 0 Å². The van der Waals surface area contributed by atoms with E-state index < -0.39 is 6.10 Å². The van der Waals surface area contributed by atoms with Gasteiger partial charge in [-0.3, -0.25) is 9.69 Å². The topological polar surface area (TPSA) is 69.2 Å². The van der Waals surface area contributed by atoms with E-state index in [4.69, 9.17) is 4.98 Å². The van der Waals surface area contributed by atoms with E-state index >= 15 is 0 Å². The van der Waals surface area contributed by atoms with Crippen molar-refractivity contribution in [3.8, 4) is 0 Å². The number of H-pyrrole nitrogens is 1. The Morgan fingerprint density at radius 2 is 1.71 bits per heavy atom. The molecule has 0 aliphatic carbocycles. The van der Waals surface area contributed by atoms with E-state index in [1.807, 2.05) is 54.6 Å². The smallest absolute Gasteiger partial charge is 0.259 e. The zero-order valence-electron chi connectivity index (χ0n) is 17.8. The van der Waals surface area contributed by atoms with Crippen LogP contribution in [-0.2, 0) is 13.1 Å². The Kier molecular flexibility index (Phi) is 6.61. The van der Waals surface area contributed by atoms with Gasteiger partial charge < -0.3 is 10.1 Å². The minimum absolute atomic E-state index is 0.105. The first-order valence-corrected chi connectivity index (χ1v) is 11.3. The Morgan fingerprint density at radius 1 is 1.03 bits per heavy atom. The summed E-state index contributed by atoms with van der Waals surface area (Å²) in [6.45, 7) is 5.76. The van der Waals surface area contributed by atoms with E-state index in [9.17, 15) is 9.90 Å². The van der Waals surface area contributed by atoms with Crippen LogP contribution in [0.4, 0.5) is 0 Å². The van der Waals surface area contributed by atoms with E-state index in [-0.39, 0.29) is 5.56 Å². The average molecular weight is 434 g/mol. The molecule has 2 aromatic carbocycles. The highest BCUT2D eigenvalue weighted by Gasteiger charge is 2.17. The molecule has 5 nitrogen and oxygen atoms in total. The number of aliphatic hydroxyl groups is 1. The normalized spacial score (nSPS) is 12.7. The molecule has 1 unspecified atom stereocenters. The van der Waals surface area contributed by atoms with Crippen LogP contribution in [0.1, 0.15) is 47.7 Å². The molecule has 2 heterocycles. The number of hydrogen-bond donors (Lipinski definition) is 2. The fraction of sp³-hybridized carbons (Fsp3) is 0.280. The number of nitrogens with one attached hydrogen (secondary N) is 1. The van der Waals surface area contributed by atoms with Gasteiger partial charge in [0.2, 0.25) is 0 Å². The standard InChI is InChI=1S/C25H27N3O2S/c1-17(2)22-13-20-24(30)26-23(27-25(20)31-22)16-28(14-18-9-5-3-6-10-18)15-21(29)19-11-7-4-8-12-19/h3-13,17,21,29H,14-16H2,1-2H3,(H,26,27,30). The summed E-state index contributed by atoms with van der Waals surface area (Å²) < 4.78 is 0. The molecule has 6 heteroatoms. The van der Waals surface area contributed by atoms with Gasteiger partial charge in [-0.25, -0.2) is 4.98 Å². The number of aromatic amines is 1. The molecule has 0 aliphatic rings. The summed E-state index contributed by atoms with van der Waals surface area (Å²) >= 11 is 1.58. The summed E-state index contributed by atoms with van der Waals surface area (Å²) in [6.07, 6.45) is -0.630. The fourth-order valence-electron chi connectivity index (χ4n) is 3.62.